The molecule has 0 spiro atoms. The van der Waals surface area contributed by atoms with Crippen molar-refractivity contribution in [3.05, 3.63) is 23.9 Å². The minimum Gasteiger partial charge on any atom is -0.392 e. The summed E-state index contributed by atoms with van der Waals surface area (Å²) < 4.78 is 0. The van der Waals surface area contributed by atoms with Crippen molar-refractivity contribution in [2.45, 2.75) is 36.8 Å². The highest BCUT2D eigenvalue weighted by molar-refractivity contribution is 7.99. The molecule has 1 aromatic rings. The number of aliphatic hydroxyl groups excluding tert-OH is 1. The number of aromatic nitrogens is 1. The van der Waals surface area contributed by atoms with Gasteiger partial charge in [0.1, 0.15) is 0 Å². The van der Waals surface area contributed by atoms with Gasteiger partial charge in [0.25, 0.3) is 0 Å². The molecule has 0 fully saturated rings. The van der Waals surface area contributed by atoms with Crippen molar-refractivity contribution >= 4 is 11.8 Å². The lowest BCUT2D eigenvalue weighted by molar-refractivity contribution is 0.196. The lowest BCUT2D eigenvalue weighted by atomic mass is 10.3. The van der Waals surface area contributed by atoms with Crippen molar-refractivity contribution in [1.82, 2.24) is 10.3 Å². The second kappa shape index (κ2) is 6.10. The SMILES string of the molecule is CNCc1ccc(SC(C)C(C)O)nc1. The molecule has 1 rings (SSSR count). The second-order valence-electron chi connectivity index (χ2n) is 3.60. The van der Waals surface area contributed by atoms with Gasteiger partial charge in [0.2, 0.25) is 0 Å². The van der Waals surface area contributed by atoms with Gasteiger partial charge in [0.05, 0.1) is 11.1 Å². The van der Waals surface area contributed by atoms with E-state index in [1.165, 1.54) is 5.56 Å². The molecule has 2 unspecified atom stereocenters. The largest absolute Gasteiger partial charge is 0.392 e. The first kappa shape index (κ1) is 12.5. The summed E-state index contributed by atoms with van der Waals surface area (Å²) in [5, 5.41) is 13.6. The Morgan fingerprint density at radius 3 is 2.67 bits per heavy atom. The first-order valence-electron chi connectivity index (χ1n) is 5.07. The molecular weight excluding hydrogens is 208 g/mol. The highest BCUT2D eigenvalue weighted by Gasteiger charge is 2.10. The standard InChI is InChI=1S/C11H18N2OS/c1-8(14)9(2)15-11-5-4-10(6-12-3)7-13-11/h4-5,7-9,12,14H,6H2,1-3H3. The highest BCUT2D eigenvalue weighted by Crippen LogP contribution is 2.23. The first-order valence-corrected chi connectivity index (χ1v) is 5.95. The van der Waals surface area contributed by atoms with Crippen LogP contribution < -0.4 is 5.32 Å². The molecule has 84 valence electrons. The van der Waals surface area contributed by atoms with Gasteiger partial charge in [-0.15, -0.1) is 11.8 Å². The third-order valence-electron chi connectivity index (χ3n) is 2.16. The van der Waals surface area contributed by atoms with E-state index in [0.717, 1.165) is 11.6 Å². The molecular formula is C11H18N2OS. The molecule has 2 N–H and O–H groups in total. The zero-order valence-electron chi connectivity index (χ0n) is 9.40. The van der Waals surface area contributed by atoms with E-state index in [1.807, 2.05) is 26.2 Å². The van der Waals surface area contributed by atoms with Crippen LogP contribution in [0.4, 0.5) is 0 Å². The van der Waals surface area contributed by atoms with Gasteiger partial charge in [0.15, 0.2) is 0 Å². The van der Waals surface area contributed by atoms with Crippen LogP contribution in [-0.2, 0) is 6.54 Å². The van der Waals surface area contributed by atoms with Gasteiger partial charge in [-0.05, 0) is 25.6 Å². The summed E-state index contributed by atoms with van der Waals surface area (Å²) in [6, 6.07) is 4.05. The number of hydrogen-bond acceptors (Lipinski definition) is 4. The summed E-state index contributed by atoms with van der Waals surface area (Å²) in [7, 11) is 1.91. The minimum absolute atomic E-state index is 0.174. The Labute approximate surface area is 95.3 Å². The van der Waals surface area contributed by atoms with Gasteiger partial charge >= 0.3 is 0 Å². The molecule has 0 saturated heterocycles. The minimum atomic E-state index is -0.311. The van der Waals surface area contributed by atoms with Gasteiger partial charge in [0, 0.05) is 18.0 Å². The summed E-state index contributed by atoms with van der Waals surface area (Å²) in [6.07, 6.45) is 1.56. The predicted molar refractivity (Wildman–Crippen MR) is 64.0 cm³/mol. The number of thioether (sulfide) groups is 1. The Morgan fingerprint density at radius 2 is 2.20 bits per heavy atom. The maximum absolute atomic E-state index is 9.36. The zero-order chi connectivity index (χ0) is 11.3. The second-order valence-corrected chi connectivity index (χ2v) is 5.00. The van der Waals surface area contributed by atoms with Crippen LogP contribution in [0, 0.1) is 0 Å². The fourth-order valence-corrected chi connectivity index (χ4v) is 1.92. The van der Waals surface area contributed by atoms with Crippen molar-refractivity contribution < 1.29 is 5.11 Å². The predicted octanol–water partition coefficient (Wildman–Crippen LogP) is 1.66. The number of rotatable bonds is 5. The monoisotopic (exact) mass is 226 g/mol. The first-order chi connectivity index (χ1) is 7.13. The highest BCUT2D eigenvalue weighted by atomic mass is 32.2. The average Bonchev–Trinajstić information content (AvgIpc) is 2.21. The average molecular weight is 226 g/mol. The fourth-order valence-electron chi connectivity index (χ4n) is 1.08. The summed E-state index contributed by atoms with van der Waals surface area (Å²) in [5.74, 6) is 0. The van der Waals surface area contributed by atoms with Crippen LogP contribution in [0.3, 0.4) is 0 Å². The lowest BCUT2D eigenvalue weighted by Gasteiger charge is -2.13. The Kier molecular flexibility index (Phi) is 5.08. The molecule has 0 aliphatic heterocycles. The normalized spacial score (nSPS) is 14.9. The van der Waals surface area contributed by atoms with Crippen molar-refractivity contribution in [3.8, 4) is 0 Å². The smallest absolute Gasteiger partial charge is 0.0963 e. The number of hydrogen-bond donors (Lipinski definition) is 2. The Hall–Kier alpha value is -0.580. The van der Waals surface area contributed by atoms with Crippen LogP contribution in [0.15, 0.2) is 23.4 Å². The lowest BCUT2D eigenvalue weighted by Crippen LogP contribution is -2.15. The number of nitrogens with zero attached hydrogens (tertiary/aromatic N) is 1. The Balaban J connectivity index is 2.56. The maximum Gasteiger partial charge on any atom is 0.0963 e. The van der Waals surface area contributed by atoms with Crippen molar-refractivity contribution in [3.63, 3.8) is 0 Å². The molecule has 1 aromatic heterocycles. The molecule has 0 saturated carbocycles. The van der Waals surface area contributed by atoms with E-state index >= 15 is 0 Å². The number of pyridine rings is 1. The quantitative estimate of drug-likeness (QED) is 0.750. The van der Waals surface area contributed by atoms with Crippen LogP contribution in [0.2, 0.25) is 0 Å². The van der Waals surface area contributed by atoms with E-state index < -0.39 is 0 Å². The van der Waals surface area contributed by atoms with Gasteiger partial charge in [-0.25, -0.2) is 4.98 Å². The summed E-state index contributed by atoms with van der Waals surface area (Å²) in [5.41, 5.74) is 1.17. The van der Waals surface area contributed by atoms with E-state index in [0.29, 0.717) is 0 Å². The molecule has 3 nitrogen and oxygen atoms in total. The van der Waals surface area contributed by atoms with E-state index in [2.05, 4.69) is 16.4 Å². The molecule has 0 amide bonds. The van der Waals surface area contributed by atoms with E-state index in [4.69, 9.17) is 0 Å². The topological polar surface area (TPSA) is 45.1 Å². The van der Waals surface area contributed by atoms with Crippen molar-refractivity contribution in [2.75, 3.05) is 7.05 Å². The summed E-state index contributed by atoms with van der Waals surface area (Å²) >= 11 is 1.60. The van der Waals surface area contributed by atoms with Crippen LogP contribution in [0.5, 0.6) is 0 Å². The third-order valence-corrected chi connectivity index (χ3v) is 3.41. The Bertz CT molecular complexity index is 287. The molecule has 0 aliphatic rings. The summed E-state index contributed by atoms with van der Waals surface area (Å²) in [4.78, 5) is 4.33. The molecule has 1 heterocycles. The number of nitrogens with one attached hydrogen (secondary N) is 1. The zero-order valence-corrected chi connectivity index (χ0v) is 10.2. The van der Waals surface area contributed by atoms with E-state index in [-0.39, 0.29) is 11.4 Å². The molecule has 15 heavy (non-hydrogen) atoms. The van der Waals surface area contributed by atoms with Gasteiger partial charge in [-0.3, -0.25) is 0 Å². The molecule has 2 atom stereocenters. The molecule has 0 radical (unpaired) electrons. The molecule has 4 heteroatoms. The van der Waals surface area contributed by atoms with Gasteiger partial charge < -0.3 is 10.4 Å². The molecule has 0 aliphatic carbocycles. The van der Waals surface area contributed by atoms with E-state index in [9.17, 15) is 5.11 Å². The van der Waals surface area contributed by atoms with Gasteiger partial charge in [-0.1, -0.05) is 13.0 Å². The summed E-state index contributed by atoms with van der Waals surface area (Å²) in [6.45, 7) is 4.63. The Morgan fingerprint density at radius 1 is 1.47 bits per heavy atom. The number of aliphatic hydroxyl groups is 1. The molecule has 0 aromatic carbocycles. The van der Waals surface area contributed by atoms with Gasteiger partial charge in [-0.2, -0.15) is 0 Å². The van der Waals surface area contributed by atoms with E-state index in [1.54, 1.807) is 18.7 Å². The maximum atomic E-state index is 9.36. The van der Waals surface area contributed by atoms with Crippen LogP contribution >= 0.6 is 11.8 Å². The van der Waals surface area contributed by atoms with Crippen LogP contribution in [-0.4, -0.2) is 28.5 Å². The fraction of sp³-hybridized carbons (Fsp3) is 0.545. The van der Waals surface area contributed by atoms with Crippen LogP contribution in [0.1, 0.15) is 19.4 Å². The van der Waals surface area contributed by atoms with Crippen molar-refractivity contribution in [1.29, 1.82) is 0 Å². The van der Waals surface area contributed by atoms with Crippen molar-refractivity contribution in [2.24, 2.45) is 0 Å². The molecule has 0 bridgehead atoms. The van der Waals surface area contributed by atoms with Crippen LogP contribution in [0.25, 0.3) is 0 Å². The third kappa shape index (κ3) is 4.20.